The van der Waals surface area contributed by atoms with Crippen LogP contribution in [0, 0.1) is 5.92 Å². The minimum atomic E-state index is -0.275. The maximum absolute atomic E-state index is 12.0. The van der Waals surface area contributed by atoms with Crippen molar-refractivity contribution in [2.24, 2.45) is 5.92 Å². The number of rotatable bonds is 6. The van der Waals surface area contributed by atoms with Crippen LogP contribution >= 0.6 is 0 Å². The van der Waals surface area contributed by atoms with E-state index in [1.54, 1.807) is 11.9 Å². The van der Waals surface area contributed by atoms with Crippen LogP contribution in [0.3, 0.4) is 0 Å². The Hall–Kier alpha value is -1.59. The van der Waals surface area contributed by atoms with E-state index in [-0.39, 0.29) is 12.7 Å². The van der Waals surface area contributed by atoms with Gasteiger partial charge in [-0.1, -0.05) is 30.3 Å². The Balaban J connectivity index is 1.73. The summed E-state index contributed by atoms with van der Waals surface area (Å²) in [5.74, 6) is 0.453. The summed E-state index contributed by atoms with van der Waals surface area (Å²) >= 11 is 0. The van der Waals surface area contributed by atoms with Crippen molar-refractivity contribution in [1.82, 2.24) is 9.80 Å². The maximum Gasteiger partial charge on any atom is 0.409 e. The molecule has 5 heteroatoms. The molecule has 0 aliphatic carbocycles. The number of nitrogens with zero attached hydrogens (tertiary/aromatic N) is 2. The molecule has 0 radical (unpaired) electrons. The van der Waals surface area contributed by atoms with E-state index in [1.165, 1.54) is 0 Å². The largest absolute Gasteiger partial charge is 0.445 e. The van der Waals surface area contributed by atoms with Gasteiger partial charge in [-0.25, -0.2) is 4.79 Å². The molecular weight excluding hydrogens is 280 g/mol. The second kappa shape index (κ2) is 8.76. The Bertz CT molecular complexity index is 450. The molecule has 1 heterocycles. The topological polar surface area (TPSA) is 53.0 Å². The van der Waals surface area contributed by atoms with E-state index in [2.05, 4.69) is 4.90 Å². The van der Waals surface area contributed by atoms with Gasteiger partial charge in [0.25, 0.3) is 0 Å². The highest BCUT2D eigenvalue weighted by atomic mass is 16.6. The van der Waals surface area contributed by atoms with Gasteiger partial charge in [-0.15, -0.1) is 0 Å². The number of aliphatic hydroxyl groups excluding tert-OH is 1. The van der Waals surface area contributed by atoms with Gasteiger partial charge in [0.05, 0.1) is 6.61 Å². The molecule has 2 rings (SSSR count). The summed E-state index contributed by atoms with van der Waals surface area (Å²) in [4.78, 5) is 16.0. The molecular formula is C17H26N2O3. The first-order valence-corrected chi connectivity index (χ1v) is 7.94. The number of β-amino-alcohol motifs (C(OH)–C–C–N with tert-alkyl or cyclic N) is 1. The standard InChI is InChI=1S/C17H26N2O3/c1-18(12-16-8-5-9-19(13-16)10-11-20)17(21)22-14-15-6-3-2-4-7-15/h2-4,6-7,16,20H,5,8-14H2,1H3. The van der Waals surface area contributed by atoms with Crippen LogP contribution in [0.2, 0.25) is 0 Å². The minimum absolute atomic E-state index is 0.196. The lowest BCUT2D eigenvalue weighted by molar-refractivity contribution is 0.0848. The minimum Gasteiger partial charge on any atom is -0.445 e. The molecule has 5 nitrogen and oxygen atoms in total. The number of amides is 1. The zero-order chi connectivity index (χ0) is 15.8. The molecule has 1 aromatic rings. The van der Waals surface area contributed by atoms with Crippen molar-refractivity contribution in [3.05, 3.63) is 35.9 Å². The van der Waals surface area contributed by atoms with Crippen LogP contribution in [0.15, 0.2) is 30.3 Å². The Morgan fingerprint density at radius 2 is 2.18 bits per heavy atom. The van der Waals surface area contributed by atoms with Crippen LogP contribution in [-0.4, -0.2) is 60.8 Å². The lowest BCUT2D eigenvalue weighted by atomic mass is 9.97. The van der Waals surface area contributed by atoms with Crippen LogP contribution < -0.4 is 0 Å². The van der Waals surface area contributed by atoms with Crippen LogP contribution in [-0.2, 0) is 11.3 Å². The zero-order valence-corrected chi connectivity index (χ0v) is 13.3. The Labute approximate surface area is 132 Å². The third kappa shape index (κ3) is 5.31. The summed E-state index contributed by atoms with van der Waals surface area (Å²) in [6, 6.07) is 9.70. The molecule has 0 spiro atoms. The lowest BCUT2D eigenvalue weighted by Gasteiger charge is -2.34. The fourth-order valence-corrected chi connectivity index (χ4v) is 2.94. The van der Waals surface area contributed by atoms with Gasteiger partial charge in [-0.05, 0) is 30.9 Å². The molecule has 1 unspecified atom stereocenters. The smallest absolute Gasteiger partial charge is 0.409 e. The number of hydrogen-bond acceptors (Lipinski definition) is 4. The van der Waals surface area contributed by atoms with Gasteiger partial charge in [0.2, 0.25) is 0 Å². The van der Waals surface area contributed by atoms with Gasteiger partial charge in [0.15, 0.2) is 0 Å². The van der Waals surface area contributed by atoms with Gasteiger partial charge >= 0.3 is 6.09 Å². The molecule has 1 amide bonds. The van der Waals surface area contributed by atoms with Gasteiger partial charge in [0.1, 0.15) is 6.61 Å². The molecule has 1 atom stereocenters. The SMILES string of the molecule is CN(CC1CCCN(CCO)C1)C(=O)OCc1ccccc1. The van der Waals surface area contributed by atoms with E-state index in [1.807, 2.05) is 30.3 Å². The molecule has 1 aliphatic heterocycles. The van der Waals surface area contributed by atoms with Crippen molar-refractivity contribution in [2.45, 2.75) is 19.4 Å². The van der Waals surface area contributed by atoms with E-state index in [9.17, 15) is 4.79 Å². The number of likely N-dealkylation sites (tertiary alicyclic amines) is 1. The first-order chi connectivity index (χ1) is 10.7. The molecule has 1 saturated heterocycles. The van der Waals surface area contributed by atoms with Crippen molar-refractivity contribution in [3.63, 3.8) is 0 Å². The van der Waals surface area contributed by atoms with E-state index < -0.39 is 0 Å². The summed E-state index contributed by atoms with van der Waals surface area (Å²) in [5, 5.41) is 9.03. The predicted molar refractivity (Wildman–Crippen MR) is 85.5 cm³/mol. The van der Waals surface area contributed by atoms with Crippen LogP contribution in [0.5, 0.6) is 0 Å². The predicted octanol–water partition coefficient (Wildman–Crippen LogP) is 1.96. The van der Waals surface area contributed by atoms with Crippen molar-refractivity contribution in [2.75, 3.05) is 39.8 Å². The van der Waals surface area contributed by atoms with Crippen LogP contribution in [0.1, 0.15) is 18.4 Å². The highest BCUT2D eigenvalue weighted by Crippen LogP contribution is 2.17. The quantitative estimate of drug-likeness (QED) is 0.873. The average molecular weight is 306 g/mol. The van der Waals surface area contributed by atoms with Gasteiger partial charge in [-0.3, -0.25) is 0 Å². The van der Waals surface area contributed by atoms with E-state index in [0.717, 1.165) is 38.0 Å². The van der Waals surface area contributed by atoms with E-state index >= 15 is 0 Å². The monoisotopic (exact) mass is 306 g/mol. The summed E-state index contributed by atoms with van der Waals surface area (Å²) in [6.45, 7) is 3.91. The average Bonchev–Trinajstić information content (AvgIpc) is 2.54. The fourth-order valence-electron chi connectivity index (χ4n) is 2.94. The van der Waals surface area contributed by atoms with Crippen molar-refractivity contribution in [1.29, 1.82) is 0 Å². The third-order valence-corrected chi connectivity index (χ3v) is 4.07. The highest BCUT2D eigenvalue weighted by Gasteiger charge is 2.22. The van der Waals surface area contributed by atoms with Crippen LogP contribution in [0.25, 0.3) is 0 Å². The second-order valence-electron chi connectivity index (χ2n) is 5.95. The zero-order valence-electron chi connectivity index (χ0n) is 13.3. The first kappa shape index (κ1) is 16.8. The van der Waals surface area contributed by atoms with E-state index in [4.69, 9.17) is 9.84 Å². The summed E-state index contributed by atoms with van der Waals surface area (Å²) in [7, 11) is 1.79. The number of carbonyl (C=O) groups excluding carboxylic acids is 1. The summed E-state index contributed by atoms with van der Waals surface area (Å²) in [6.07, 6.45) is 1.97. The van der Waals surface area contributed by atoms with Crippen LogP contribution in [0.4, 0.5) is 4.79 Å². The molecule has 122 valence electrons. The molecule has 1 aromatic carbocycles. The Morgan fingerprint density at radius 3 is 2.91 bits per heavy atom. The number of piperidine rings is 1. The van der Waals surface area contributed by atoms with E-state index in [0.29, 0.717) is 19.1 Å². The van der Waals surface area contributed by atoms with Crippen molar-refractivity contribution >= 4 is 6.09 Å². The summed E-state index contributed by atoms with van der Waals surface area (Å²) in [5.41, 5.74) is 0.996. The van der Waals surface area contributed by atoms with Gasteiger partial charge < -0.3 is 19.6 Å². The maximum atomic E-state index is 12.0. The third-order valence-electron chi connectivity index (χ3n) is 4.07. The number of hydrogen-bond donors (Lipinski definition) is 1. The molecule has 0 saturated carbocycles. The number of benzene rings is 1. The Morgan fingerprint density at radius 1 is 1.41 bits per heavy atom. The number of carbonyl (C=O) groups is 1. The van der Waals surface area contributed by atoms with Gasteiger partial charge in [-0.2, -0.15) is 0 Å². The number of ether oxygens (including phenoxy) is 1. The second-order valence-corrected chi connectivity index (χ2v) is 5.95. The van der Waals surface area contributed by atoms with Gasteiger partial charge in [0, 0.05) is 26.7 Å². The van der Waals surface area contributed by atoms with Crippen molar-refractivity contribution in [3.8, 4) is 0 Å². The lowest BCUT2D eigenvalue weighted by Crippen LogP contribution is -2.42. The molecule has 1 aliphatic rings. The first-order valence-electron chi connectivity index (χ1n) is 7.94. The molecule has 0 bridgehead atoms. The molecule has 1 N–H and O–H groups in total. The van der Waals surface area contributed by atoms with Crippen molar-refractivity contribution < 1.29 is 14.6 Å². The molecule has 22 heavy (non-hydrogen) atoms. The Kier molecular flexibility index (Phi) is 6.68. The summed E-state index contributed by atoms with van der Waals surface area (Å²) < 4.78 is 5.34. The molecule has 0 aromatic heterocycles. The fraction of sp³-hybridized carbons (Fsp3) is 0.588. The highest BCUT2D eigenvalue weighted by molar-refractivity contribution is 5.67. The molecule has 1 fully saturated rings. The number of aliphatic hydroxyl groups is 1. The normalized spacial score (nSPS) is 18.9.